The molecule has 4 aromatic rings. The van der Waals surface area contributed by atoms with E-state index in [0.717, 1.165) is 24.7 Å². The maximum atomic E-state index is 13.2. The molecular weight excluding hydrogens is 472 g/mol. The van der Waals surface area contributed by atoms with Gasteiger partial charge < -0.3 is 15.6 Å². The molecule has 1 amide bonds. The molecule has 182 valence electrons. The number of amides is 1. The fourth-order valence-corrected chi connectivity index (χ4v) is 6.63. The molecule has 6 heterocycles. The second-order valence-corrected chi connectivity index (χ2v) is 11.2. The van der Waals surface area contributed by atoms with Gasteiger partial charge in [-0.25, -0.2) is 13.4 Å². The molecule has 0 aliphatic carbocycles. The van der Waals surface area contributed by atoms with E-state index in [0.29, 0.717) is 35.6 Å². The standard InChI is InChI=1S/C21H24N10O3S/c1-10-26-19(29-28-10)21(32)30-13-3-4-14(30)6-11(5-13)16-17(35(2,33)34)18(22)31-20(27-16)15(9-25-31)12-7-23-24-8-12/h7-9,11,13-14H,3-6,22H2,1-2H3,(H,23,24)(H,26,28,29)/t11-,13-,14+. The van der Waals surface area contributed by atoms with Crippen LogP contribution in [0.25, 0.3) is 16.8 Å². The van der Waals surface area contributed by atoms with Crippen LogP contribution in [0.2, 0.25) is 0 Å². The second kappa shape index (κ2) is 7.60. The normalized spacial score (nSPS) is 22.2. The summed E-state index contributed by atoms with van der Waals surface area (Å²) in [6.45, 7) is 1.75. The number of aromatic amines is 2. The quantitative estimate of drug-likeness (QED) is 0.372. The summed E-state index contributed by atoms with van der Waals surface area (Å²) < 4.78 is 27.1. The van der Waals surface area contributed by atoms with Gasteiger partial charge in [-0.3, -0.25) is 9.89 Å². The second-order valence-electron chi connectivity index (χ2n) is 9.29. The van der Waals surface area contributed by atoms with Crippen molar-refractivity contribution in [3.8, 4) is 11.1 Å². The van der Waals surface area contributed by atoms with Gasteiger partial charge >= 0.3 is 0 Å². The van der Waals surface area contributed by atoms with Crippen LogP contribution < -0.4 is 5.73 Å². The summed E-state index contributed by atoms with van der Waals surface area (Å²) in [5.74, 6) is 0.473. The summed E-state index contributed by atoms with van der Waals surface area (Å²) in [5.41, 5.74) is 8.76. The number of sulfone groups is 1. The fourth-order valence-electron chi connectivity index (χ4n) is 5.57. The summed E-state index contributed by atoms with van der Waals surface area (Å²) in [6, 6.07) is -0.108. The Balaban J connectivity index is 1.43. The molecule has 2 saturated heterocycles. The highest BCUT2D eigenvalue weighted by Crippen LogP contribution is 2.45. The van der Waals surface area contributed by atoms with Gasteiger partial charge in [-0.1, -0.05) is 0 Å². The molecule has 2 bridgehead atoms. The molecule has 0 aromatic carbocycles. The van der Waals surface area contributed by atoms with Crippen LogP contribution in [0.5, 0.6) is 0 Å². The van der Waals surface area contributed by atoms with E-state index in [-0.39, 0.29) is 40.4 Å². The Morgan fingerprint density at radius 3 is 2.51 bits per heavy atom. The van der Waals surface area contributed by atoms with Crippen molar-refractivity contribution >= 4 is 27.2 Å². The van der Waals surface area contributed by atoms with Gasteiger partial charge in [-0.2, -0.15) is 14.7 Å². The molecule has 4 N–H and O–H groups in total. The first-order valence-electron chi connectivity index (χ1n) is 11.3. The first-order chi connectivity index (χ1) is 16.7. The number of fused-ring (bicyclic) bond motifs is 3. The Morgan fingerprint density at radius 2 is 1.91 bits per heavy atom. The van der Waals surface area contributed by atoms with Gasteiger partial charge in [0.25, 0.3) is 5.91 Å². The number of carbonyl (C=O) groups is 1. The number of nitrogens with two attached hydrogens (primary N) is 1. The third kappa shape index (κ3) is 3.38. The maximum absolute atomic E-state index is 13.2. The Hall–Kier alpha value is -3.81. The molecule has 14 heteroatoms. The average molecular weight is 497 g/mol. The smallest absolute Gasteiger partial charge is 0.292 e. The summed E-state index contributed by atoms with van der Waals surface area (Å²) in [4.78, 5) is 22.8. The lowest BCUT2D eigenvalue weighted by atomic mass is 9.87. The van der Waals surface area contributed by atoms with E-state index >= 15 is 0 Å². The van der Waals surface area contributed by atoms with Crippen molar-refractivity contribution in [1.82, 2.24) is 44.9 Å². The highest BCUT2D eigenvalue weighted by molar-refractivity contribution is 7.91. The lowest BCUT2D eigenvalue weighted by Gasteiger charge is -2.38. The van der Waals surface area contributed by atoms with Gasteiger partial charge in [-0.15, -0.1) is 10.2 Å². The van der Waals surface area contributed by atoms with E-state index in [1.165, 1.54) is 4.52 Å². The average Bonchev–Trinajstić information content (AvgIpc) is 3.58. The third-order valence-electron chi connectivity index (χ3n) is 7.00. The number of carbonyl (C=O) groups excluding carboxylic acids is 1. The predicted octanol–water partition coefficient (Wildman–Crippen LogP) is 1.08. The van der Waals surface area contributed by atoms with Crippen LogP contribution in [0.1, 0.15) is 53.7 Å². The number of rotatable bonds is 4. The molecule has 35 heavy (non-hydrogen) atoms. The number of aryl methyl sites for hydroxylation is 1. The zero-order valence-corrected chi connectivity index (χ0v) is 19.9. The topological polar surface area (TPSA) is 181 Å². The molecule has 2 aliphatic rings. The highest BCUT2D eigenvalue weighted by Gasteiger charge is 2.46. The molecule has 13 nitrogen and oxygen atoms in total. The lowest BCUT2D eigenvalue weighted by Crippen LogP contribution is -2.46. The maximum Gasteiger partial charge on any atom is 0.292 e. The Kier molecular flexibility index (Phi) is 4.71. The molecular formula is C21H24N10O3S. The van der Waals surface area contributed by atoms with E-state index in [1.54, 1.807) is 25.5 Å². The van der Waals surface area contributed by atoms with Crippen LogP contribution in [-0.4, -0.2) is 77.5 Å². The monoisotopic (exact) mass is 496 g/mol. The molecule has 0 spiro atoms. The molecule has 3 atom stereocenters. The van der Waals surface area contributed by atoms with E-state index in [1.807, 2.05) is 4.90 Å². The molecule has 2 aliphatic heterocycles. The molecule has 0 unspecified atom stereocenters. The van der Waals surface area contributed by atoms with Crippen molar-refractivity contribution < 1.29 is 13.2 Å². The number of nitrogen functional groups attached to an aromatic ring is 1. The number of nitrogens with zero attached hydrogens (tertiary/aromatic N) is 7. The summed E-state index contributed by atoms with van der Waals surface area (Å²) >= 11 is 0. The number of hydrogen-bond donors (Lipinski definition) is 3. The van der Waals surface area contributed by atoms with Crippen LogP contribution in [0.3, 0.4) is 0 Å². The Morgan fingerprint density at radius 1 is 1.17 bits per heavy atom. The van der Waals surface area contributed by atoms with Crippen LogP contribution in [0, 0.1) is 6.92 Å². The van der Waals surface area contributed by atoms with Crippen molar-refractivity contribution in [2.24, 2.45) is 0 Å². The molecule has 2 fully saturated rings. The molecule has 0 saturated carbocycles. The number of hydrogen-bond acceptors (Lipinski definition) is 9. The van der Waals surface area contributed by atoms with Gasteiger partial charge in [0.05, 0.1) is 18.1 Å². The van der Waals surface area contributed by atoms with Crippen molar-refractivity contribution in [2.45, 2.75) is 55.5 Å². The number of aromatic nitrogens is 8. The number of H-pyrrole nitrogens is 2. The van der Waals surface area contributed by atoms with Gasteiger partial charge in [0.2, 0.25) is 5.82 Å². The zero-order chi connectivity index (χ0) is 24.5. The van der Waals surface area contributed by atoms with Crippen LogP contribution >= 0.6 is 0 Å². The Labute approximate surface area is 200 Å². The van der Waals surface area contributed by atoms with Crippen LogP contribution in [-0.2, 0) is 9.84 Å². The minimum atomic E-state index is -3.70. The van der Waals surface area contributed by atoms with Crippen molar-refractivity contribution in [2.75, 3.05) is 12.0 Å². The predicted molar refractivity (Wildman–Crippen MR) is 124 cm³/mol. The largest absolute Gasteiger partial charge is 0.382 e. The third-order valence-corrected chi connectivity index (χ3v) is 8.16. The number of anilines is 1. The molecule has 0 radical (unpaired) electrons. The minimum absolute atomic E-state index is 0.00174. The highest BCUT2D eigenvalue weighted by atomic mass is 32.2. The fraction of sp³-hybridized carbons (Fsp3) is 0.429. The van der Waals surface area contributed by atoms with Crippen LogP contribution in [0.15, 0.2) is 23.5 Å². The van der Waals surface area contributed by atoms with Crippen molar-refractivity contribution in [3.63, 3.8) is 0 Å². The molecule has 6 rings (SSSR count). The zero-order valence-electron chi connectivity index (χ0n) is 19.1. The van der Waals surface area contributed by atoms with Crippen LogP contribution in [0.4, 0.5) is 5.82 Å². The number of nitrogens with one attached hydrogen (secondary N) is 2. The van der Waals surface area contributed by atoms with Gasteiger partial charge in [0.1, 0.15) is 16.5 Å². The lowest BCUT2D eigenvalue weighted by molar-refractivity contribution is 0.0556. The Bertz CT molecular complexity index is 1540. The van der Waals surface area contributed by atoms with Crippen molar-refractivity contribution in [1.29, 1.82) is 0 Å². The van der Waals surface area contributed by atoms with Gasteiger partial charge in [0, 0.05) is 41.6 Å². The van der Waals surface area contributed by atoms with E-state index < -0.39 is 9.84 Å². The van der Waals surface area contributed by atoms with E-state index in [9.17, 15) is 13.2 Å². The van der Waals surface area contributed by atoms with E-state index in [4.69, 9.17) is 10.7 Å². The van der Waals surface area contributed by atoms with Gasteiger partial charge in [0.15, 0.2) is 15.5 Å². The number of piperidine rings is 1. The molecule has 4 aromatic heterocycles. The SMILES string of the molecule is Cc1nnc(C(=O)N2[C@@H]3CC[C@H]2C[C@H](c2nc4c(-c5cn[nH]c5)cnn4c(N)c2S(C)(=O)=O)C3)[nH]1. The van der Waals surface area contributed by atoms with Gasteiger partial charge in [-0.05, 0) is 32.6 Å². The summed E-state index contributed by atoms with van der Waals surface area (Å²) in [6.07, 6.45) is 8.92. The summed E-state index contributed by atoms with van der Waals surface area (Å²) in [7, 11) is -3.70. The first-order valence-corrected chi connectivity index (χ1v) is 13.2. The first kappa shape index (κ1) is 21.7. The van der Waals surface area contributed by atoms with Crippen molar-refractivity contribution in [3.05, 3.63) is 35.9 Å². The minimum Gasteiger partial charge on any atom is -0.382 e. The summed E-state index contributed by atoms with van der Waals surface area (Å²) in [5, 5.41) is 18.9. The van der Waals surface area contributed by atoms with E-state index in [2.05, 4.69) is 30.5 Å².